The highest BCUT2D eigenvalue weighted by Gasteiger charge is 2.15. The number of aromatic nitrogens is 3. The van der Waals surface area contributed by atoms with E-state index in [0.29, 0.717) is 11.1 Å². The molecule has 0 bridgehead atoms. The van der Waals surface area contributed by atoms with Crippen LogP contribution in [0.15, 0.2) is 101 Å². The van der Waals surface area contributed by atoms with Crippen molar-refractivity contribution >= 4 is 29.1 Å². The molecule has 0 aliphatic heterocycles. The lowest BCUT2D eigenvalue weighted by Crippen LogP contribution is -2.56. The summed E-state index contributed by atoms with van der Waals surface area (Å²) >= 11 is 0. The van der Waals surface area contributed by atoms with E-state index >= 15 is 0 Å². The fraction of sp³-hybridized carbons (Fsp3) is 0.100. The van der Waals surface area contributed by atoms with Crippen LogP contribution < -0.4 is 21.8 Å². The van der Waals surface area contributed by atoms with Crippen molar-refractivity contribution < 1.29 is 9.53 Å². The van der Waals surface area contributed by atoms with E-state index in [1.54, 1.807) is 32.4 Å². The molecule has 37 heavy (non-hydrogen) atoms. The highest BCUT2D eigenvalue weighted by molar-refractivity contribution is 5.95. The Labute approximate surface area is 212 Å². The summed E-state index contributed by atoms with van der Waals surface area (Å²) in [6.45, 7) is 0.139. The van der Waals surface area contributed by atoms with Gasteiger partial charge >= 0.3 is 6.09 Å². The maximum absolute atomic E-state index is 13.3. The lowest BCUT2D eigenvalue weighted by Gasteiger charge is -2.06. The molecule has 3 aromatic carbocycles. The molecule has 5 rings (SSSR count). The third-order valence-corrected chi connectivity index (χ3v) is 6.31. The zero-order chi connectivity index (χ0) is 25.9. The molecule has 0 saturated carbocycles. The SMILES string of the molecule is Cn1c(=O)c(=Cc2cn(C(=O)OCc3ccccc3)c3ccccc23)n(C)c(=O)c1=Cc1ccccc1. The Bertz CT molecular complexity index is 1850. The number of para-hydroxylation sites is 1. The van der Waals surface area contributed by atoms with Crippen LogP contribution in [0.5, 0.6) is 0 Å². The Morgan fingerprint density at radius 2 is 1.32 bits per heavy atom. The van der Waals surface area contributed by atoms with Gasteiger partial charge in [0.05, 0.1) is 5.52 Å². The van der Waals surface area contributed by atoms with E-state index < -0.39 is 6.09 Å². The lowest BCUT2D eigenvalue weighted by molar-refractivity contribution is 0.142. The average Bonchev–Trinajstić information content (AvgIpc) is 3.31. The second-order valence-electron chi connectivity index (χ2n) is 8.71. The van der Waals surface area contributed by atoms with E-state index in [1.807, 2.05) is 84.9 Å². The van der Waals surface area contributed by atoms with E-state index in [-0.39, 0.29) is 28.4 Å². The fourth-order valence-electron chi connectivity index (χ4n) is 4.28. The zero-order valence-corrected chi connectivity index (χ0v) is 20.5. The molecule has 0 saturated heterocycles. The Balaban J connectivity index is 1.61. The molecule has 2 aromatic heterocycles. The van der Waals surface area contributed by atoms with Crippen LogP contribution in [-0.4, -0.2) is 19.8 Å². The van der Waals surface area contributed by atoms with Crippen LogP contribution in [0.1, 0.15) is 16.7 Å². The van der Waals surface area contributed by atoms with E-state index in [0.717, 1.165) is 16.5 Å². The van der Waals surface area contributed by atoms with Gasteiger partial charge in [0.2, 0.25) is 0 Å². The number of ether oxygens (including phenoxy) is 1. The van der Waals surface area contributed by atoms with Crippen molar-refractivity contribution in [2.45, 2.75) is 6.61 Å². The first-order valence-corrected chi connectivity index (χ1v) is 11.8. The molecule has 0 N–H and O–H groups in total. The van der Waals surface area contributed by atoms with Gasteiger partial charge in [-0.1, -0.05) is 78.9 Å². The first-order valence-electron chi connectivity index (χ1n) is 11.8. The van der Waals surface area contributed by atoms with Crippen molar-refractivity contribution in [3.63, 3.8) is 0 Å². The van der Waals surface area contributed by atoms with Crippen LogP contribution in [0.25, 0.3) is 23.1 Å². The Hall–Kier alpha value is -4.91. The van der Waals surface area contributed by atoms with Crippen LogP contribution in [0.3, 0.4) is 0 Å². The molecular weight excluding hydrogens is 466 g/mol. The zero-order valence-electron chi connectivity index (χ0n) is 20.5. The molecule has 0 aliphatic rings. The fourth-order valence-corrected chi connectivity index (χ4v) is 4.28. The quantitative estimate of drug-likeness (QED) is 0.388. The number of rotatable bonds is 4. The minimum Gasteiger partial charge on any atom is -0.444 e. The Morgan fingerprint density at radius 1 is 0.757 bits per heavy atom. The minimum absolute atomic E-state index is 0.139. The summed E-state index contributed by atoms with van der Waals surface area (Å²) in [5.74, 6) is 0. The van der Waals surface area contributed by atoms with Gasteiger partial charge in [-0.3, -0.25) is 14.2 Å². The molecule has 2 heterocycles. The lowest BCUT2D eigenvalue weighted by atomic mass is 10.1. The van der Waals surface area contributed by atoms with Gasteiger partial charge in [0.25, 0.3) is 11.1 Å². The van der Waals surface area contributed by atoms with E-state index in [1.165, 1.54) is 13.7 Å². The molecule has 0 spiro atoms. The van der Waals surface area contributed by atoms with Crippen molar-refractivity contribution in [3.05, 3.63) is 139 Å². The third kappa shape index (κ3) is 4.67. The van der Waals surface area contributed by atoms with Gasteiger partial charge in [-0.15, -0.1) is 0 Å². The molecule has 184 valence electrons. The maximum atomic E-state index is 13.3. The Morgan fingerprint density at radius 3 is 2.00 bits per heavy atom. The number of hydrogen-bond donors (Lipinski definition) is 0. The van der Waals surface area contributed by atoms with Gasteiger partial charge in [-0.2, -0.15) is 0 Å². The van der Waals surface area contributed by atoms with Crippen molar-refractivity contribution in [3.8, 4) is 0 Å². The summed E-state index contributed by atoms with van der Waals surface area (Å²) in [6.07, 6.45) is 4.43. The summed E-state index contributed by atoms with van der Waals surface area (Å²) in [5.41, 5.74) is 2.34. The van der Waals surface area contributed by atoms with Crippen molar-refractivity contribution in [1.82, 2.24) is 13.7 Å². The second-order valence-corrected chi connectivity index (χ2v) is 8.71. The average molecular weight is 492 g/mol. The molecular formula is C30H25N3O4. The summed E-state index contributed by atoms with van der Waals surface area (Å²) in [4.78, 5) is 39.5. The first kappa shape index (κ1) is 23.8. The molecule has 0 atom stereocenters. The largest absolute Gasteiger partial charge is 0.444 e. The van der Waals surface area contributed by atoms with Gasteiger partial charge in [0, 0.05) is 31.2 Å². The second kappa shape index (κ2) is 9.99. The van der Waals surface area contributed by atoms with Gasteiger partial charge < -0.3 is 13.9 Å². The number of carbonyl (C=O) groups is 1. The molecule has 0 fully saturated rings. The molecule has 0 unspecified atom stereocenters. The van der Waals surface area contributed by atoms with Gasteiger partial charge in [0.15, 0.2) is 0 Å². The summed E-state index contributed by atoms with van der Waals surface area (Å²) in [7, 11) is 3.16. The van der Waals surface area contributed by atoms with Crippen LogP contribution in [-0.2, 0) is 25.4 Å². The number of carbonyl (C=O) groups excluding carboxylic acids is 1. The molecule has 7 heteroatoms. The number of hydrogen-bond acceptors (Lipinski definition) is 4. The predicted octanol–water partition coefficient (Wildman–Crippen LogP) is 2.88. The normalized spacial score (nSPS) is 12.3. The van der Waals surface area contributed by atoms with Gasteiger partial charge in [-0.25, -0.2) is 4.79 Å². The number of benzene rings is 3. The summed E-state index contributed by atoms with van der Waals surface area (Å²) in [6, 6.07) is 26.2. The Kier molecular flexibility index (Phi) is 6.43. The maximum Gasteiger partial charge on any atom is 0.418 e. The van der Waals surface area contributed by atoms with E-state index in [2.05, 4.69) is 0 Å². The smallest absolute Gasteiger partial charge is 0.418 e. The molecule has 7 nitrogen and oxygen atoms in total. The van der Waals surface area contributed by atoms with Crippen LogP contribution in [0, 0.1) is 0 Å². The topological polar surface area (TPSA) is 75.2 Å². The van der Waals surface area contributed by atoms with Crippen LogP contribution in [0.4, 0.5) is 4.79 Å². The highest BCUT2D eigenvalue weighted by atomic mass is 16.5. The predicted molar refractivity (Wildman–Crippen MR) is 144 cm³/mol. The van der Waals surface area contributed by atoms with Crippen molar-refractivity contribution in [2.75, 3.05) is 0 Å². The molecule has 0 amide bonds. The van der Waals surface area contributed by atoms with Crippen LogP contribution in [0.2, 0.25) is 0 Å². The third-order valence-electron chi connectivity index (χ3n) is 6.31. The monoisotopic (exact) mass is 491 g/mol. The first-order chi connectivity index (χ1) is 17.9. The van der Waals surface area contributed by atoms with E-state index in [9.17, 15) is 14.4 Å². The standard InChI is InChI=1S/C30H25N3O4/c1-31-26(17-21-11-5-3-6-12-21)28(34)32(2)27(29(31)35)18-23-19-33(25-16-10-9-15-24(23)25)30(36)37-20-22-13-7-4-8-14-22/h3-19H,20H2,1-2H3. The summed E-state index contributed by atoms with van der Waals surface area (Å²) in [5, 5.41) is 1.25. The number of fused-ring (bicyclic) bond motifs is 1. The molecule has 0 aliphatic carbocycles. The van der Waals surface area contributed by atoms with Crippen molar-refractivity contribution in [1.29, 1.82) is 0 Å². The molecule has 0 radical (unpaired) electrons. The van der Waals surface area contributed by atoms with Crippen molar-refractivity contribution in [2.24, 2.45) is 14.1 Å². The van der Waals surface area contributed by atoms with E-state index in [4.69, 9.17) is 4.74 Å². The van der Waals surface area contributed by atoms with Crippen LogP contribution >= 0.6 is 0 Å². The number of nitrogens with zero attached hydrogens (tertiary/aromatic N) is 3. The molecule has 5 aromatic rings. The minimum atomic E-state index is -0.533. The van der Waals surface area contributed by atoms with Gasteiger partial charge in [0.1, 0.15) is 17.3 Å². The van der Waals surface area contributed by atoms with Gasteiger partial charge in [-0.05, 0) is 29.3 Å². The summed E-state index contributed by atoms with van der Waals surface area (Å²) < 4.78 is 9.65. The highest BCUT2D eigenvalue weighted by Crippen LogP contribution is 2.22.